The van der Waals surface area contributed by atoms with Crippen LogP contribution in [-0.4, -0.2) is 26.3 Å². The number of nitrogen functional groups attached to an aromatic ring is 1. The molecule has 142 valence electrons. The Morgan fingerprint density at radius 3 is 2.93 bits per heavy atom. The van der Waals surface area contributed by atoms with Gasteiger partial charge in [-0.15, -0.1) is 11.3 Å². The SMILES string of the molecule is Nc1ncn(CCc2cccs2)c2nc(Sc3cc4c(cc3Br)OCO4)nc1-2. The number of hydrogen-bond acceptors (Lipinski definition) is 8. The average molecular weight is 476 g/mol. The zero-order valence-corrected chi connectivity index (χ0v) is 17.7. The van der Waals surface area contributed by atoms with Crippen molar-refractivity contribution in [1.82, 2.24) is 19.5 Å². The first-order valence-corrected chi connectivity index (χ1v) is 10.9. The third kappa shape index (κ3) is 3.31. The summed E-state index contributed by atoms with van der Waals surface area (Å²) in [7, 11) is 0. The van der Waals surface area contributed by atoms with Gasteiger partial charge in [-0.25, -0.2) is 15.0 Å². The Bertz CT molecular complexity index is 1120. The molecule has 0 saturated heterocycles. The van der Waals surface area contributed by atoms with Gasteiger partial charge in [-0.2, -0.15) is 0 Å². The average Bonchev–Trinajstić information content (AvgIpc) is 3.42. The van der Waals surface area contributed by atoms with Crippen molar-refractivity contribution in [2.24, 2.45) is 0 Å². The number of benzene rings is 1. The molecule has 0 bridgehead atoms. The van der Waals surface area contributed by atoms with E-state index in [1.807, 2.05) is 16.7 Å². The summed E-state index contributed by atoms with van der Waals surface area (Å²) < 4.78 is 13.8. The van der Waals surface area contributed by atoms with E-state index in [0.29, 0.717) is 22.4 Å². The van der Waals surface area contributed by atoms with E-state index in [9.17, 15) is 0 Å². The van der Waals surface area contributed by atoms with E-state index in [4.69, 9.17) is 20.2 Å². The van der Waals surface area contributed by atoms with Gasteiger partial charge in [0.25, 0.3) is 0 Å². The molecule has 0 aliphatic carbocycles. The highest BCUT2D eigenvalue weighted by molar-refractivity contribution is 9.10. The number of anilines is 1. The second kappa shape index (κ2) is 7.26. The molecular formula is C18H14BrN5O2S2. The number of thiophene rings is 1. The molecule has 1 aromatic carbocycles. The van der Waals surface area contributed by atoms with Gasteiger partial charge in [0.05, 0.1) is 6.33 Å². The van der Waals surface area contributed by atoms with Crippen molar-refractivity contribution < 1.29 is 9.47 Å². The molecule has 4 heterocycles. The van der Waals surface area contributed by atoms with Crippen LogP contribution in [0.3, 0.4) is 0 Å². The number of imidazole rings is 1. The molecule has 1 aromatic heterocycles. The van der Waals surface area contributed by atoms with E-state index >= 15 is 0 Å². The second-order valence-corrected chi connectivity index (χ2v) is 8.96. The minimum Gasteiger partial charge on any atom is -0.454 e. The van der Waals surface area contributed by atoms with Crippen LogP contribution in [0.2, 0.25) is 0 Å². The lowest BCUT2D eigenvalue weighted by Gasteiger charge is -2.10. The highest BCUT2D eigenvalue weighted by Crippen LogP contribution is 2.43. The largest absolute Gasteiger partial charge is 0.454 e. The Labute approximate surface area is 177 Å². The summed E-state index contributed by atoms with van der Waals surface area (Å²) in [6.45, 7) is 1.000. The molecule has 0 saturated carbocycles. The minimum absolute atomic E-state index is 0.235. The molecule has 0 amide bonds. The Hall–Kier alpha value is -2.30. The lowest BCUT2D eigenvalue weighted by molar-refractivity contribution is 0.174. The minimum atomic E-state index is 0.235. The first-order valence-electron chi connectivity index (χ1n) is 8.45. The van der Waals surface area contributed by atoms with Gasteiger partial charge in [-0.05, 0) is 57.7 Å². The Morgan fingerprint density at radius 2 is 2.11 bits per heavy atom. The van der Waals surface area contributed by atoms with Gasteiger partial charge in [0.2, 0.25) is 6.79 Å². The number of fused-ring (bicyclic) bond motifs is 2. The molecule has 0 fully saturated rings. The first-order chi connectivity index (χ1) is 13.7. The summed E-state index contributed by atoms with van der Waals surface area (Å²) in [5.41, 5.74) is 6.66. The predicted octanol–water partition coefficient (Wildman–Crippen LogP) is 4.31. The van der Waals surface area contributed by atoms with Crippen molar-refractivity contribution in [1.29, 1.82) is 0 Å². The van der Waals surface area contributed by atoms with Crippen molar-refractivity contribution in [3.63, 3.8) is 0 Å². The van der Waals surface area contributed by atoms with Crippen molar-refractivity contribution >= 4 is 44.8 Å². The number of ether oxygens (including phenoxy) is 2. The number of hydrogen-bond donors (Lipinski definition) is 1. The molecule has 10 heteroatoms. The van der Waals surface area contributed by atoms with Crippen LogP contribution in [0.1, 0.15) is 4.88 Å². The van der Waals surface area contributed by atoms with Crippen LogP contribution >= 0.6 is 39.0 Å². The van der Waals surface area contributed by atoms with E-state index in [1.54, 1.807) is 17.7 Å². The zero-order chi connectivity index (χ0) is 19.1. The van der Waals surface area contributed by atoms with E-state index in [1.165, 1.54) is 16.6 Å². The number of halogens is 1. The number of aromatic nitrogens is 4. The molecule has 2 N–H and O–H groups in total. The Morgan fingerprint density at radius 1 is 1.25 bits per heavy atom. The number of aryl methyl sites for hydroxylation is 2. The fourth-order valence-corrected chi connectivity index (χ4v) is 4.96. The fourth-order valence-electron chi connectivity index (χ4n) is 2.90. The van der Waals surface area contributed by atoms with Crippen LogP contribution in [0.25, 0.3) is 11.5 Å². The van der Waals surface area contributed by atoms with E-state index < -0.39 is 0 Å². The molecular weight excluding hydrogens is 462 g/mol. The standard InChI is InChI=1S/C18H14BrN5O2S2/c19-11-6-12-13(26-9-25-12)7-14(11)28-18-22-15-16(20)21-8-24(17(15)23-18)4-3-10-2-1-5-27-10/h1-2,5-8H,3-4,9,20H2. The summed E-state index contributed by atoms with van der Waals surface area (Å²) >= 11 is 6.76. The van der Waals surface area contributed by atoms with Crippen LogP contribution in [0, 0.1) is 0 Å². The number of nitrogens with two attached hydrogens (primary N) is 1. The summed E-state index contributed by atoms with van der Waals surface area (Å²) in [5, 5.41) is 2.69. The molecule has 7 nitrogen and oxygen atoms in total. The third-order valence-corrected chi connectivity index (χ3v) is 7.06. The second-order valence-electron chi connectivity index (χ2n) is 6.07. The molecule has 0 atom stereocenters. The van der Waals surface area contributed by atoms with Crippen LogP contribution in [0.15, 0.2) is 50.5 Å². The van der Waals surface area contributed by atoms with E-state index in [2.05, 4.69) is 43.4 Å². The summed E-state index contributed by atoms with van der Waals surface area (Å²) in [4.78, 5) is 15.8. The van der Waals surface area contributed by atoms with Gasteiger partial charge in [0, 0.05) is 20.8 Å². The molecule has 3 aliphatic rings. The summed E-state index contributed by atoms with van der Waals surface area (Å²) in [5.74, 6) is 2.56. The molecule has 2 aromatic rings. The lowest BCUT2D eigenvalue weighted by atomic mass is 10.3. The number of nitrogens with zero attached hydrogens (tertiary/aromatic N) is 4. The zero-order valence-electron chi connectivity index (χ0n) is 14.5. The highest BCUT2D eigenvalue weighted by atomic mass is 79.9. The maximum atomic E-state index is 6.05. The van der Waals surface area contributed by atoms with Crippen molar-refractivity contribution in [2.75, 3.05) is 12.5 Å². The maximum absolute atomic E-state index is 6.05. The lowest BCUT2D eigenvalue weighted by Crippen LogP contribution is -2.09. The molecule has 5 rings (SSSR count). The first kappa shape index (κ1) is 17.8. The van der Waals surface area contributed by atoms with Gasteiger partial charge >= 0.3 is 0 Å². The van der Waals surface area contributed by atoms with E-state index in [-0.39, 0.29) is 6.79 Å². The van der Waals surface area contributed by atoms with Crippen LogP contribution in [0.5, 0.6) is 11.5 Å². The number of rotatable bonds is 5. The quantitative estimate of drug-likeness (QED) is 0.459. The molecule has 28 heavy (non-hydrogen) atoms. The summed E-state index contributed by atoms with van der Waals surface area (Å²) in [6, 6.07) is 8.00. The van der Waals surface area contributed by atoms with Gasteiger partial charge in [0.1, 0.15) is 0 Å². The smallest absolute Gasteiger partial charge is 0.231 e. The van der Waals surface area contributed by atoms with Gasteiger partial charge in [-0.1, -0.05) is 6.07 Å². The monoisotopic (exact) mass is 475 g/mol. The maximum Gasteiger partial charge on any atom is 0.231 e. The van der Waals surface area contributed by atoms with Crippen molar-refractivity contribution in [3.05, 3.63) is 45.3 Å². The molecule has 0 unspecified atom stereocenters. The van der Waals surface area contributed by atoms with E-state index in [0.717, 1.165) is 33.9 Å². The molecule has 3 aliphatic heterocycles. The Balaban J connectivity index is 1.45. The molecule has 0 radical (unpaired) electrons. The van der Waals surface area contributed by atoms with Crippen molar-refractivity contribution in [2.45, 2.75) is 23.0 Å². The van der Waals surface area contributed by atoms with Crippen LogP contribution < -0.4 is 15.2 Å². The highest BCUT2D eigenvalue weighted by Gasteiger charge is 2.22. The summed E-state index contributed by atoms with van der Waals surface area (Å²) in [6.07, 6.45) is 2.64. The third-order valence-electron chi connectivity index (χ3n) is 4.28. The van der Waals surface area contributed by atoms with Crippen LogP contribution in [0.4, 0.5) is 5.82 Å². The fraction of sp³-hybridized carbons (Fsp3) is 0.167. The van der Waals surface area contributed by atoms with Gasteiger partial charge < -0.3 is 19.8 Å². The van der Waals surface area contributed by atoms with Gasteiger partial charge in [-0.3, -0.25) is 0 Å². The molecule has 0 spiro atoms. The Kier molecular flexibility index (Phi) is 4.61. The predicted molar refractivity (Wildman–Crippen MR) is 111 cm³/mol. The van der Waals surface area contributed by atoms with Crippen LogP contribution in [-0.2, 0) is 13.0 Å². The van der Waals surface area contributed by atoms with Gasteiger partial charge in [0.15, 0.2) is 34.0 Å². The van der Waals surface area contributed by atoms with Crippen molar-refractivity contribution in [3.8, 4) is 23.0 Å². The topological polar surface area (TPSA) is 88.1 Å². The normalized spacial score (nSPS) is 12.8.